The van der Waals surface area contributed by atoms with Crippen LogP contribution in [0.15, 0.2) is 42.5 Å². The van der Waals surface area contributed by atoms with Crippen molar-refractivity contribution in [3.05, 3.63) is 53.6 Å². The van der Waals surface area contributed by atoms with E-state index in [4.69, 9.17) is 9.47 Å². The Morgan fingerprint density at radius 1 is 1.00 bits per heavy atom. The van der Waals surface area contributed by atoms with Crippen molar-refractivity contribution in [1.29, 1.82) is 0 Å². The van der Waals surface area contributed by atoms with Gasteiger partial charge in [-0.05, 0) is 61.7 Å². The Morgan fingerprint density at radius 3 is 2.33 bits per heavy atom. The van der Waals surface area contributed by atoms with Crippen LogP contribution in [0.5, 0.6) is 11.5 Å². The monoisotopic (exact) mass is 453 g/mol. The number of hydrogen-bond donors (Lipinski definition) is 2. The van der Waals surface area contributed by atoms with E-state index >= 15 is 0 Å². The number of rotatable bonds is 10. The third-order valence-corrected chi connectivity index (χ3v) is 5.18. The highest BCUT2D eigenvalue weighted by Crippen LogP contribution is 2.31. The van der Waals surface area contributed by atoms with Gasteiger partial charge in [0.05, 0.1) is 24.9 Å². The Hall–Kier alpha value is -3.55. The summed E-state index contributed by atoms with van der Waals surface area (Å²) in [5.74, 6) is 0.723. The van der Waals surface area contributed by atoms with Crippen LogP contribution in [-0.2, 0) is 9.59 Å². The maximum Gasteiger partial charge on any atom is 0.251 e. The predicted octanol–water partition coefficient (Wildman–Crippen LogP) is 3.91. The van der Waals surface area contributed by atoms with Gasteiger partial charge >= 0.3 is 0 Å². The molecule has 3 amide bonds. The van der Waals surface area contributed by atoms with E-state index in [1.807, 2.05) is 39.0 Å². The molecule has 1 fully saturated rings. The van der Waals surface area contributed by atoms with Gasteiger partial charge in [0, 0.05) is 18.4 Å². The summed E-state index contributed by atoms with van der Waals surface area (Å²) < 4.78 is 11.6. The third kappa shape index (κ3) is 6.25. The van der Waals surface area contributed by atoms with Crippen LogP contribution in [0.2, 0.25) is 0 Å². The summed E-state index contributed by atoms with van der Waals surface area (Å²) in [5.41, 5.74) is 4.41. The van der Waals surface area contributed by atoms with E-state index in [0.717, 1.165) is 18.4 Å². The van der Waals surface area contributed by atoms with Crippen molar-refractivity contribution in [3.8, 4) is 11.5 Å². The van der Waals surface area contributed by atoms with Gasteiger partial charge < -0.3 is 14.8 Å². The first kappa shape index (κ1) is 24.1. The van der Waals surface area contributed by atoms with Crippen LogP contribution in [0.1, 0.15) is 68.4 Å². The number of nitrogens with zero attached hydrogens (tertiary/aromatic N) is 1. The molecular formula is C25H31N3O5. The molecule has 0 saturated carbocycles. The average molecular weight is 454 g/mol. The fourth-order valence-corrected chi connectivity index (χ4v) is 3.36. The average Bonchev–Trinajstić information content (AvgIpc) is 2.83. The molecule has 1 atom stereocenters. The molecule has 0 aliphatic carbocycles. The number of carbonyl (C=O) groups is 3. The number of carbonyl (C=O) groups excluding carboxylic acids is 3. The molecule has 1 heterocycles. The molecule has 8 heteroatoms. The van der Waals surface area contributed by atoms with Gasteiger partial charge in [-0.25, -0.2) is 5.01 Å². The topological polar surface area (TPSA) is 97.0 Å². The van der Waals surface area contributed by atoms with Crippen molar-refractivity contribution in [2.24, 2.45) is 0 Å². The lowest BCUT2D eigenvalue weighted by atomic mass is 10.1. The lowest BCUT2D eigenvalue weighted by Gasteiger charge is -2.27. The van der Waals surface area contributed by atoms with E-state index < -0.39 is 0 Å². The molecule has 1 saturated heterocycles. The summed E-state index contributed by atoms with van der Waals surface area (Å²) in [6.45, 7) is 7.18. The van der Waals surface area contributed by atoms with Gasteiger partial charge in [0.25, 0.3) is 5.91 Å². The SMILES string of the molecule is CCCOc1ccc(C(C)NC(=O)c2ccc(N3NC(=O)CCC3=O)cc2)cc1OCCC. The quantitative estimate of drug-likeness (QED) is 0.569. The zero-order valence-corrected chi connectivity index (χ0v) is 19.3. The molecule has 1 unspecified atom stereocenters. The van der Waals surface area contributed by atoms with Crippen LogP contribution in [-0.4, -0.2) is 30.9 Å². The molecular weight excluding hydrogens is 422 g/mol. The highest BCUT2D eigenvalue weighted by Gasteiger charge is 2.24. The van der Waals surface area contributed by atoms with E-state index in [2.05, 4.69) is 10.7 Å². The Bertz CT molecular complexity index is 990. The largest absolute Gasteiger partial charge is 0.490 e. The van der Waals surface area contributed by atoms with E-state index in [1.54, 1.807) is 24.3 Å². The summed E-state index contributed by atoms with van der Waals surface area (Å²) in [7, 11) is 0. The van der Waals surface area contributed by atoms with Crippen molar-refractivity contribution >= 4 is 23.4 Å². The number of ether oxygens (including phenoxy) is 2. The first-order valence-corrected chi connectivity index (χ1v) is 11.4. The van der Waals surface area contributed by atoms with Crippen molar-refractivity contribution in [3.63, 3.8) is 0 Å². The van der Waals surface area contributed by atoms with Gasteiger partial charge in [-0.3, -0.25) is 19.8 Å². The van der Waals surface area contributed by atoms with Crippen LogP contribution in [0.25, 0.3) is 0 Å². The number of benzene rings is 2. The molecule has 2 aromatic rings. The molecule has 3 rings (SSSR count). The zero-order valence-electron chi connectivity index (χ0n) is 19.3. The molecule has 176 valence electrons. The molecule has 2 N–H and O–H groups in total. The molecule has 8 nitrogen and oxygen atoms in total. The lowest BCUT2D eigenvalue weighted by Crippen LogP contribution is -2.50. The second-order valence-electron chi connectivity index (χ2n) is 7.91. The lowest BCUT2D eigenvalue weighted by molar-refractivity contribution is -0.130. The summed E-state index contributed by atoms with van der Waals surface area (Å²) in [5, 5.41) is 4.21. The maximum atomic E-state index is 12.8. The van der Waals surface area contributed by atoms with E-state index in [1.165, 1.54) is 5.01 Å². The standard InChI is InChI=1S/C25H31N3O5/c1-4-14-32-21-11-8-19(16-22(21)33-15-5-2)17(3)26-25(31)18-6-9-20(10-7-18)28-24(30)13-12-23(29)27-28/h6-11,16-17H,4-5,12-15H2,1-3H3,(H,26,31)(H,27,29). The van der Waals surface area contributed by atoms with Crippen molar-refractivity contribution in [2.45, 2.75) is 52.5 Å². The molecule has 0 aromatic heterocycles. The fraction of sp³-hybridized carbons (Fsp3) is 0.400. The third-order valence-electron chi connectivity index (χ3n) is 5.18. The van der Waals surface area contributed by atoms with Gasteiger partial charge in [0.15, 0.2) is 11.5 Å². The first-order chi connectivity index (χ1) is 15.9. The number of hydrogen-bond acceptors (Lipinski definition) is 5. The Balaban J connectivity index is 1.68. The van der Waals surface area contributed by atoms with Crippen molar-refractivity contribution in [2.75, 3.05) is 18.2 Å². The molecule has 0 spiro atoms. The molecule has 1 aliphatic heterocycles. The fourth-order valence-electron chi connectivity index (χ4n) is 3.36. The summed E-state index contributed by atoms with van der Waals surface area (Å²) in [6.07, 6.45) is 2.13. The molecule has 0 radical (unpaired) electrons. The Labute approximate surface area is 194 Å². The summed E-state index contributed by atoms with van der Waals surface area (Å²) in [6, 6.07) is 12.0. The summed E-state index contributed by atoms with van der Waals surface area (Å²) in [4.78, 5) is 36.4. The van der Waals surface area contributed by atoms with Crippen LogP contribution in [0.4, 0.5) is 5.69 Å². The van der Waals surface area contributed by atoms with E-state index in [0.29, 0.717) is 36.0 Å². The highest BCUT2D eigenvalue weighted by molar-refractivity contribution is 6.01. The van der Waals surface area contributed by atoms with Crippen LogP contribution < -0.4 is 25.2 Å². The number of anilines is 1. The minimum absolute atomic E-state index is 0.165. The van der Waals surface area contributed by atoms with Gasteiger partial charge in [0.2, 0.25) is 11.8 Å². The zero-order chi connectivity index (χ0) is 23.8. The number of nitrogens with one attached hydrogen (secondary N) is 2. The van der Waals surface area contributed by atoms with Crippen LogP contribution in [0.3, 0.4) is 0 Å². The van der Waals surface area contributed by atoms with E-state index in [9.17, 15) is 14.4 Å². The summed E-state index contributed by atoms with van der Waals surface area (Å²) >= 11 is 0. The molecule has 1 aliphatic rings. The molecule has 2 aromatic carbocycles. The van der Waals surface area contributed by atoms with Crippen LogP contribution in [0, 0.1) is 0 Å². The minimum atomic E-state index is -0.260. The predicted molar refractivity (Wildman–Crippen MR) is 125 cm³/mol. The van der Waals surface area contributed by atoms with Gasteiger partial charge in [-0.1, -0.05) is 19.9 Å². The Kier molecular flexibility index (Phi) is 8.29. The molecule has 0 bridgehead atoms. The van der Waals surface area contributed by atoms with Gasteiger partial charge in [-0.15, -0.1) is 0 Å². The first-order valence-electron chi connectivity index (χ1n) is 11.4. The smallest absolute Gasteiger partial charge is 0.251 e. The van der Waals surface area contributed by atoms with Gasteiger partial charge in [0.1, 0.15) is 0 Å². The maximum absolute atomic E-state index is 12.8. The second-order valence-corrected chi connectivity index (χ2v) is 7.91. The number of hydrazine groups is 1. The second kappa shape index (κ2) is 11.4. The number of amides is 3. The normalized spacial score (nSPS) is 14.5. The van der Waals surface area contributed by atoms with Crippen molar-refractivity contribution < 1.29 is 23.9 Å². The highest BCUT2D eigenvalue weighted by atomic mass is 16.5. The van der Waals surface area contributed by atoms with Crippen LogP contribution >= 0.6 is 0 Å². The minimum Gasteiger partial charge on any atom is -0.490 e. The molecule has 33 heavy (non-hydrogen) atoms. The van der Waals surface area contributed by atoms with Crippen molar-refractivity contribution in [1.82, 2.24) is 10.7 Å². The van der Waals surface area contributed by atoms with E-state index in [-0.39, 0.29) is 36.6 Å². The Morgan fingerprint density at radius 2 is 1.67 bits per heavy atom. The van der Waals surface area contributed by atoms with Gasteiger partial charge in [-0.2, -0.15) is 0 Å².